The van der Waals surface area contributed by atoms with Crippen molar-refractivity contribution in [3.8, 4) is 0 Å². The molecule has 52 valence electrons. The maximum absolute atomic E-state index is 2.27. The summed E-state index contributed by atoms with van der Waals surface area (Å²) >= 11 is 0. The zero-order valence-corrected chi connectivity index (χ0v) is 6.57. The Morgan fingerprint density at radius 3 is 2.80 bits per heavy atom. The number of allylic oxidation sites excluding steroid dienone is 6. The second-order valence-electron chi connectivity index (χ2n) is 3.19. The first kappa shape index (κ1) is 5.96. The molecule has 0 aromatic carbocycles. The molecule has 0 aliphatic heterocycles. The van der Waals surface area contributed by atoms with Crippen LogP contribution in [-0.2, 0) is 0 Å². The van der Waals surface area contributed by atoms with Gasteiger partial charge in [-0.2, -0.15) is 0 Å². The fourth-order valence-corrected chi connectivity index (χ4v) is 1.79. The van der Waals surface area contributed by atoms with Gasteiger partial charge in [0.05, 0.1) is 0 Å². The van der Waals surface area contributed by atoms with Crippen LogP contribution in [0, 0.1) is 0 Å². The minimum absolute atomic E-state index is 1.18. The Morgan fingerprint density at radius 1 is 1.30 bits per heavy atom. The third kappa shape index (κ3) is 0.620. The van der Waals surface area contributed by atoms with E-state index in [1.54, 1.807) is 22.3 Å². The smallest absolute Gasteiger partial charge is 0.00612 e. The molecule has 0 nitrogen and oxygen atoms in total. The van der Waals surface area contributed by atoms with Crippen molar-refractivity contribution in [2.24, 2.45) is 0 Å². The molecule has 0 heteroatoms. The van der Waals surface area contributed by atoms with Gasteiger partial charge in [0.25, 0.3) is 0 Å². The van der Waals surface area contributed by atoms with Crippen LogP contribution in [-0.4, -0.2) is 0 Å². The van der Waals surface area contributed by atoms with E-state index in [1.807, 2.05) is 0 Å². The molecule has 0 atom stereocenters. The normalized spacial score (nSPS) is 23.0. The van der Waals surface area contributed by atoms with Crippen LogP contribution in [0.2, 0.25) is 0 Å². The van der Waals surface area contributed by atoms with Crippen LogP contribution in [0.15, 0.2) is 34.4 Å². The van der Waals surface area contributed by atoms with Crippen LogP contribution in [0.25, 0.3) is 0 Å². The van der Waals surface area contributed by atoms with Crippen LogP contribution in [0.1, 0.15) is 26.7 Å². The van der Waals surface area contributed by atoms with E-state index in [-0.39, 0.29) is 0 Å². The average Bonchev–Trinajstić information content (AvgIpc) is 2.41. The van der Waals surface area contributed by atoms with E-state index in [4.69, 9.17) is 0 Å². The summed E-state index contributed by atoms with van der Waals surface area (Å²) in [5, 5.41) is 0. The maximum Gasteiger partial charge on any atom is -0.00612 e. The van der Waals surface area contributed by atoms with Gasteiger partial charge in [0.15, 0.2) is 0 Å². The molecule has 0 saturated carbocycles. The molecular formula is C10H12. The zero-order valence-electron chi connectivity index (χ0n) is 6.57. The average molecular weight is 132 g/mol. The summed E-state index contributed by atoms with van der Waals surface area (Å²) in [6.45, 7) is 4.48. The first-order valence-electron chi connectivity index (χ1n) is 3.84. The highest BCUT2D eigenvalue weighted by molar-refractivity contribution is 5.53. The molecule has 0 aromatic heterocycles. The summed E-state index contributed by atoms with van der Waals surface area (Å²) < 4.78 is 0. The minimum atomic E-state index is 1.18. The van der Waals surface area contributed by atoms with Gasteiger partial charge < -0.3 is 0 Å². The Balaban J connectivity index is 2.41. The molecular weight excluding hydrogens is 120 g/mol. The Bertz CT molecular complexity index is 259. The third-order valence-corrected chi connectivity index (χ3v) is 2.58. The Labute approximate surface area is 61.9 Å². The van der Waals surface area contributed by atoms with E-state index in [2.05, 4.69) is 26.0 Å². The summed E-state index contributed by atoms with van der Waals surface area (Å²) in [4.78, 5) is 0. The van der Waals surface area contributed by atoms with Gasteiger partial charge in [-0.3, -0.25) is 0 Å². The van der Waals surface area contributed by atoms with Crippen molar-refractivity contribution in [2.45, 2.75) is 26.7 Å². The second-order valence-corrected chi connectivity index (χ2v) is 3.19. The molecule has 0 bridgehead atoms. The van der Waals surface area contributed by atoms with E-state index >= 15 is 0 Å². The predicted octanol–water partition coefficient (Wildman–Crippen LogP) is 2.98. The molecule has 0 saturated heterocycles. The number of hydrogen-bond donors (Lipinski definition) is 0. The molecule has 0 N–H and O–H groups in total. The lowest BCUT2D eigenvalue weighted by atomic mass is 10.1. The molecule has 0 radical (unpaired) electrons. The van der Waals surface area contributed by atoms with Crippen molar-refractivity contribution >= 4 is 0 Å². The highest BCUT2D eigenvalue weighted by atomic mass is 14.2. The van der Waals surface area contributed by atoms with Crippen LogP contribution in [0.3, 0.4) is 0 Å². The lowest BCUT2D eigenvalue weighted by Gasteiger charge is -1.97. The lowest BCUT2D eigenvalue weighted by molar-refractivity contribution is 1.17. The highest BCUT2D eigenvalue weighted by Crippen LogP contribution is 2.37. The highest BCUT2D eigenvalue weighted by Gasteiger charge is 2.18. The van der Waals surface area contributed by atoms with Crippen molar-refractivity contribution in [3.05, 3.63) is 34.4 Å². The first-order valence-corrected chi connectivity index (χ1v) is 3.84. The summed E-state index contributed by atoms with van der Waals surface area (Å²) in [6, 6.07) is 0. The standard InChI is InChI=1S/C10H12/c1-7-6-9-4-3-5-10(9)8(7)2/h3-4H,5-6H2,1-2H3. The monoisotopic (exact) mass is 132 g/mol. The van der Waals surface area contributed by atoms with Crippen molar-refractivity contribution in [1.82, 2.24) is 0 Å². The summed E-state index contributed by atoms with van der Waals surface area (Å²) in [5.41, 5.74) is 6.27. The van der Waals surface area contributed by atoms with Crippen molar-refractivity contribution < 1.29 is 0 Å². The molecule has 0 spiro atoms. The molecule has 0 unspecified atom stereocenters. The van der Waals surface area contributed by atoms with Crippen LogP contribution >= 0.6 is 0 Å². The molecule has 2 aliphatic rings. The molecule has 2 rings (SSSR count). The molecule has 2 aliphatic carbocycles. The second kappa shape index (κ2) is 1.85. The largest absolute Gasteiger partial charge is 0.0798 e. The van der Waals surface area contributed by atoms with Crippen LogP contribution in [0.5, 0.6) is 0 Å². The minimum Gasteiger partial charge on any atom is -0.0798 e. The Morgan fingerprint density at radius 2 is 2.10 bits per heavy atom. The van der Waals surface area contributed by atoms with E-state index in [9.17, 15) is 0 Å². The molecule has 0 fully saturated rings. The van der Waals surface area contributed by atoms with Gasteiger partial charge in [-0.05, 0) is 43.4 Å². The molecule has 10 heavy (non-hydrogen) atoms. The summed E-state index contributed by atoms with van der Waals surface area (Å²) in [7, 11) is 0. The lowest BCUT2D eigenvalue weighted by Crippen LogP contribution is -1.78. The zero-order chi connectivity index (χ0) is 7.14. The van der Waals surface area contributed by atoms with E-state index in [1.165, 1.54) is 12.8 Å². The van der Waals surface area contributed by atoms with Crippen molar-refractivity contribution in [1.29, 1.82) is 0 Å². The molecule has 0 aromatic rings. The van der Waals surface area contributed by atoms with Gasteiger partial charge in [0.2, 0.25) is 0 Å². The van der Waals surface area contributed by atoms with Crippen LogP contribution in [0.4, 0.5) is 0 Å². The van der Waals surface area contributed by atoms with E-state index in [0.29, 0.717) is 0 Å². The summed E-state index contributed by atoms with van der Waals surface area (Å²) in [5.74, 6) is 0. The van der Waals surface area contributed by atoms with E-state index in [0.717, 1.165) is 0 Å². The van der Waals surface area contributed by atoms with Crippen LogP contribution < -0.4 is 0 Å². The molecule has 0 amide bonds. The number of hydrogen-bond acceptors (Lipinski definition) is 0. The maximum atomic E-state index is 2.27. The van der Waals surface area contributed by atoms with Gasteiger partial charge in [-0.25, -0.2) is 0 Å². The van der Waals surface area contributed by atoms with E-state index < -0.39 is 0 Å². The fourth-order valence-electron chi connectivity index (χ4n) is 1.79. The third-order valence-electron chi connectivity index (χ3n) is 2.58. The Hall–Kier alpha value is -0.780. The quantitative estimate of drug-likeness (QED) is 0.475. The Kier molecular flexibility index (Phi) is 1.10. The van der Waals surface area contributed by atoms with Gasteiger partial charge in [0.1, 0.15) is 0 Å². The van der Waals surface area contributed by atoms with Gasteiger partial charge >= 0.3 is 0 Å². The topological polar surface area (TPSA) is 0 Å². The molecule has 0 heterocycles. The SMILES string of the molecule is CC1=C(C)C2=C(C=CC2)C1. The van der Waals surface area contributed by atoms with Gasteiger partial charge in [-0.15, -0.1) is 0 Å². The predicted molar refractivity (Wildman–Crippen MR) is 43.8 cm³/mol. The fraction of sp³-hybridized carbons (Fsp3) is 0.400. The van der Waals surface area contributed by atoms with Gasteiger partial charge in [0, 0.05) is 0 Å². The van der Waals surface area contributed by atoms with Crippen molar-refractivity contribution in [2.75, 3.05) is 0 Å². The van der Waals surface area contributed by atoms with Gasteiger partial charge in [-0.1, -0.05) is 17.7 Å². The first-order chi connectivity index (χ1) is 4.79. The summed E-state index contributed by atoms with van der Waals surface area (Å²) in [6.07, 6.45) is 6.92. The van der Waals surface area contributed by atoms with Crippen molar-refractivity contribution in [3.63, 3.8) is 0 Å². The number of rotatable bonds is 0.